The Balaban J connectivity index is 0.00000192. The molecular weight excluding hydrogens is 310 g/mol. The van der Waals surface area contributed by atoms with E-state index >= 15 is 0 Å². The molecule has 0 bridgehead atoms. The topological polar surface area (TPSA) is 52.1 Å². The number of aromatic nitrogens is 2. The van der Waals surface area contributed by atoms with Crippen LogP contribution < -0.4 is 4.90 Å². The van der Waals surface area contributed by atoms with Crippen molar-refractivity contribution < 1.29 is 5.11 Å². The second kappa shape index (κ2) is 6.75. The zero-order valence-corrected chi connectivity index (χ0v) is 14.2. The lowest BCUT2D eigenvalue weighted by molar-refractivity contribution is 0.475. The maximum absolute atomic E-state index is 9.38. The molecule has 0 unspecified atom stereocenters. The quantitative estimate of drug-likeness (QED) is 0.755. The number of imidazole rings is 1. The van der Waals surface area contributed by atoms with E-state index in [2.05, 4.69) is 34.1 Å². The summed E-state index contributed by atoms with van der Waals surface area (Å²) in [6, 6.07) is 15.4. The molecule has 0 spiro atoms. The monoisotopic (exact) mass is 329 g/mol. The Bertz CT molecular complexity index is 777. The molecule has 0 amide bonds. The van der Waals surface area contributed by atoms with Crippen LogP contribution in [0.5, 0.6) is 5.75 Å². The number of benzene rings is 2. The minimum absolute atomic E-state index is 0. The molecule has 120 valence electrons. The zero-order chi connectivity index (χ0) is 15.7. The number of rotatable bonds is 3. The number of nitrogens with zero attached hydrogens (tertiary/aromatic N) is 2. The van der Waals surface area contributed by atoms with Gasteiger partial charge in [-0.25, -0.2) is 4.98 Å². The van der Waals surface area contributed by atoms with E-state index in [0.29, 0.717) is 0 Å². The molecular formula is C18H20ClN3O. The van der Waals surface area contributed by atoms with Crippen LogP contribution in [-0.2, 0) is 0 Å². The van der Waals surface area contributed by atoms with Crippen LogP contribution in [0.1, 0.15) is 5.69 Å². The first-order chi connectivity index (χ1) is 10.5. The second-order valence-corrected chi connectivity index (χ2v) is 5.55. The molecule has 0 saturated carbocycles. The van der Waals surface area contributed by atoms with Crippen LogP contribution in [0.2, 0.25) is 0 Å². The van der Waals surface area contributed by atoms with E-state index in [-0.39, 0.29) is 18.2 Å². The van der Waals surface area contributed by atoms with Crippen molar-refractivity contribution in [2.75, 3.05) is 19.0 Å². The average molecular weight is 330 g/mol. The van der Waals surface area contributed by atoms with Gasteiger partial charge < -0.3 is 15.0 Å². The summed E-state index contributed by atoms with van der Waals surface area (Å²) in [6.45, 7) is 2.02. The minimum atomic E-state index is 0. The van der Waals surface area contributed by atoms with Crippen LogP contribution in [0.3, 0.4) is 0 Å². The van der Waals surface area contributed by atoms with Gasteiger partial charge in [-0.05, 0) is 43.3 Å². The van der Waals surface area contributed by atoms with Crippen molar-refractivity contribution in [1.82, 2.24) is 9.97 Å². The van der Waals surface area contributed by atoms with Crippen LogP contribution in [0, 0.1) is 6.92 Å². The normalized spacial score (nSPS) is 10.2. The number of nitrogens with one attached hydrogen (secondary N) is 1. The lowest BCUT2D eigenvalue weighted by Crippen LogP contribution is -2.07. The van der Waals surface area contributed by atoms with Crippen LogP contribution in [0.15, 0.2) is 48.5 Å². The highest BCUT2D eigenvalue weighted by Crippen LogP contribution is 2.27. The van der Waals surface area contributed by atoms with Gasteiger partial charge >= 0.3 is 0 Å². The lowest BCUT2D eigenvalue weighted by Gasteiger charge is -2.12. The predicted octanol–water partition coefficient (Wildman–Crippen LogP) is 4.25. The van der Waals surface area contributed by atoms with Gasteiger partial charge in [0.2, 0.25) is 0 Å². The predicted molar refractivity (Wildman–Crippen MR) is 97.4 cm³/mol. The first-order valence-electron chi connectivity index (χ1n) is 7.18. The number of phenols is 1. The summed E-state index contributed by atoms with van der Waals surface area (Å²) in [5.41, 5.74) is 5.19. The second-order valence-electron chi connectivity index (χ2n) is 5.55. The summed E-state index contributed by atoms with van der Waals surface area (Å²) in [5.74, 6) is 1.07. The largest absolute Gasteiger partial charge is 0.508 e. The first kappa shape index (κ1) is 16.9. The van der Waals surface area contributed by atoms with Gasteiger partial charge in [0.1, 0.15) is 11.6 Å². The Morgan fingerprint density at radius 1 is 0.913 bits per heavy atom. The van der Waals surface area contributed by atoms with Crippen LogP contribution in [-0.4, -0.2) is 29.2 Å². The van der Waals surface area contributed by atoms with E-state index in [1.165, 1.54) is 0 Å². The molecule has 5 heteroatoms. The van der Waals surface area contributed by atoms with Crippen molar-refractivity contribution in [1.29, 1.82) is 0 Å². The molecule has 2 aromatic carbocycles. The van der Waals surface area contributed by atoms with E-state index in [4.69, 9.17) is 4.98 Å². The third kappa shape index (κ3) is 3.48. The summed E-state index contributed by atoms with van der Waals surface area (Å²) in [5, 5.41) is 9.38. The fraction of sp³-hybridized carbons (Fsp3) is 0.167. The molecule has 23 heavy (non-hydrogen) atoms. The molecule has 0 aliphatic carbocycles. The maximum Gasteiger partial charge on any atom is 0.138 e. The molecule has 1 heterocycles. The van der Waals surface area contributed by atoms with Crippen molar-refractivity contribution in [2.24, 2.45) is 0 Å². The van der Waals surface area contributed by atoms with Gasteiger partial charge in [0, 0.05) is 36.6 Å². The highest BCUT2D eigenvalue weighted by atomic mass is 35.5. The molecule has 3 rings (SSSR count). The molecule has 0 radical (unpaired) electrons. The third-order valence-electron chi connectivity index (χ3n) is 3.68. The fourth-order valence-corrected chi connectivity index (χ4v) is 2.41. The highest BCUT2D eigenvalue weighted by molar-refractivity contribution is 5.85. The van der Waals surface area contributed by atoms with Crippen LogP contribution in [0.25, 0.3) is 22.6 Å². The molecule has 0 fully saturated rings. The number of H-pyrrole nitrogens is 1. The smallest absolute Gasteiger partial charge is 0.138 e. The van der Waals surface area contributed by atoms with Gasteiger partial charge in [0.05, 0.1) is 5.69 Å². The van der Waals surface area contributed by atoms with Crippen molar-refractivity contribution in [2.45, 2.75) is 6.92 Å². The minimum Gasteiger partial charge on any atom is -0.508 e. The summed E-state index contributed by atoms with van der Waals surface area (Å²) in [4.78, 5) is 10.1. The molecule has 1 aromatic heterocycles. The molecule has 3 aromatic rings. The maximum atomic E-state index is 9.38. The molecule has 2 N–H and O–H groups in total. The van der Waals surface area contributed by atoms with Gasteiger partial charge in [-0.15, -0.1) is 12.4 Å². The Morgan fingerprint density at radius 3 is 2.04 bits per heavy atom. The Morgan fingerprint density at radius 2 is 1.48 bits per heavy atom. The van der Waals surface area contributed by atoms with E-state index < -0.39 is 0 Å². The van der Waals surface area contributed by atoms with Crippen molar-refractivity contribution in [3.05, 3.63) is 54.2 Å². The Labute approximate surface area is 142 Å². The van der Waals surface area contributed by atoms with E-state index in [0.717, 1.165) is 34.0 Å². The van der Waals surface area contributed by atoms with E-state index in [1.807, 2.05) is 33.2 Å². The molecule has 0 aliphatic heterocycles. The van der Waals surface area contributed by atoms with Gasteiger partial charge in [-0.1, -0.05) is 12.1 Å². The molecule has 0 aliphatic rings. The van der Waals surface area contributed by atoms with Gasteiger partial charge in [0.15, 0.2) is 0 Å². The summed E-state index contributed by atoms with van der Waals surface area (Å²) in [6.07, 6.45) is 0. The summed E-state index contributed by atoms with van der Waals surface area (Å²) < 4.78 is 0. The van der Waals surface area contributed by atoms with Crippen molar-refractivity contribution in [3.63, 3.8) is 0 Å². The van der Waals surface area contributed by atoms with Crippen molar-refractivity contribution in [3.8, 4) is 28.4 Å². The van der Waals surface area contributed by atoms with Crippen molar-refractivity contribution >= 4 is 18.1 Å². The number of halogens is 1. The van der Waals surface area contributed by atoms with E-state index in [1.54, 1.807) is 12.1 Å². The fourth-order valence-electron chi connectivity index (χ4n) is 2.41. The lowest BCUT2D eigenvalue weighted by atomic mass is 10.1. The Kier molecular flexibility index (Phi) is 4.96. The number of hydrogen-bond donors (Lipinski definition) is 2. The highest BCUT2D eigenvalue weighted by Gasteiger charge is 2.10. The number of aromatic hydroxyl groups is 1. The number of hydrogen-bond acceptors (Lipinski definition) is 3. The third-order valence-corrected chi connectivity index (χ3v) is 3.68. The standard InChI is InChI=1S/C18H19N3O.ClH/c1-12-17(13-4-8-15(9-5-13)21(2)3)20-18(19-12)14-6-10-16(22)11-7-14;/h4-11,22H,1-3H3,(H,19,20);1H. The van der Waals surface area contributed by atoms with Gasteiger partial charge in [-0.2, -0.15) is 0 Å². The van der Waals surface area contributed by atoms with Gasteiger partial charge in [0.25, 0.3) is 0 Å². The molecule has 0 saturated heterocycles. The van der Waals surface area contributed by atoms with Crippen LogP contribution in [0.4, 0.5) is 5.69 Å². The number of aromatic amines is 1. The molecule has 0 atom stereocenters. The zero-order valence-electron chi connectivity index (χ0n) is 13.4. The molecule has 4 nitrogen and oxygen atoms in total. The summed E-state index contributed by atoms with van der Waals surface area (Å²) >= 11 is 0. The number of anilines is 1. The average Bonchev–Trinajstić information content (AvgIpc) is 2.90. The summed E-state index contributed by atoms with van der Waals surface area (Å²) in [7, 11) is 4.05. The number of aryl methyl sites for hydroxylation is 1. The SMILES string of the molecule is Cc1[nH]c(-c2ccc(O)cc2)nc1-c1ccc(N(C)C)cc1.Cl. The Hall–Kier alpha value is -2.46. The number of phenolic OH excluding ortho intramolecular Hbond substituents is 1. The van der Waals surface area contributed by atoms with Crippen LogP contribution >= 0.6 is 12.4 Å². The van der Waals surface area contributed by atoms with Gasteiger partial charge in [-0.3, -0.25) is 0 Å². The first-order valence-corrected chi connectivity index (χ1v) is 7.18. The van der Waals surface area contributed by atoms with E-state index in [9.17, 15) is 5.11 Å².